The number of esters is 2. The van der Waals surface area contributed by atoms with Gasteiger partial charge in [-0.15, -0.1) is 0 Å². The minimum atomic E-state index is -0.868. The summed E-state index contributed by atoms with van der Waals surface area (Å²) < 4.78 is 14.5. The fourth-order valence-electron chi connectivity index (χ4n) is 2.88. The first-order chi connectivity index (χ1) is 12.9. The van der Waals surface area contributed by atoms with E-state index in [9.17, 15) is 9.59 Å². The van der Waals surface area contributed by atoms with Crippen molar-refractivity contribution in [3.8, 4) is 0 Å². The number of aryl methyl sites for hydroxylation is 1. The molecule has 1 N–H and O–H groups in total. The van der Waals surface area contributed by atoms with Crippen molar-refractivity contribution in [3.05, 3.63) is 17.5 Å². The first-order valence-corrected chi connectivity index (χ1v) is 9.18. The number of ether oxygens (including phenoxy) is 2. The summed E-state index contributed by atoms with van der Waals surface area (Å²) >= 11 is 5.45. The normalized spacial score (nSPS) is 16.3. The van der Waals surface area contributed by atoms with Gasteiger partial charge in [-0.3, -0.25) is 9.69 Å². The quantitative estimate of drug-likeness (QED) is 0.538. The molecule has 1 unspecified atom stereocenters. The standard InChI is InChI=1S/C17H26N4O5S/c1-12-9-13(19-26-12)11-20-5-4-6-21(8-7-20)17(27)18-14(16(23)25-3)10-15(22)24-2/h9,14H,4-8,10-11H2,1-3H3,(H,18,27). The number of hydrogen-bond acceptors (Lipinski definition) is 8. The van der Waals surface area contributed by atoms with E-state index in [1.807, 2.05) is 17.9 Å². The molecule has 1 aliphatic heterocycles. The lowest BCUT2D eigenvalue weighted by molar-refractivity contribution is -0.149. The van der Waals surface area contributed by atoms with Crippen molar-refractivity contribution in [3.63, 3.8) is 0 Å². The van der Waals surface area contributed by atoms with Crippen LogP contribution in [0.15, 0.2) is 10.6 Å². The lowest BCUT2D eigenvalue weighted by Gasteiger charge is -2.27. The van der Waals surface area contributed by atoms with Gasteiger partial charge in [0, 0.05) is 38.8 Å². The SMILES string of the molecule is COC(=O)CC(NC(=S)N1CCCN(Cc2cc(C)on2)CC1)C(=O)OC. The zero-order chi connectivity index (χ0) is 19.8. The Labute approximate surface area is 163 Å². The van der Waals surface area contributed by atoms with E-state index in [4.69, 9.17) is 21.5 Å². The van der Waals surface area contributed by atoms with Gasteiger partial charge in [0.15, 0.2) is 5.11 Å². The van der Waals surface area contributed by atoms with Crippen LogP contribution in [0.2, 0.25) is 0 Å². The minimum Gasteiger partial charge on any atom is -0.469 e. The molecular formula is C17H26N4O5S. The van der Waals surface area contributed by atoms with E-state index < -0.39 is 18.0 Å². The van der Waals surface area contributed by atoms with Crippen LogP contribution in [-0.4, -0.2) is 78.4 Å². The molecule has 0 spiro atoms. The third-order valence-electron chi connectivity index (χ3n) is 4.32. The van der Waals surface area contributed by atoms with Crippen LogP contribution in [-0.2, 0) is 25.6 Å². The molecule has 1 aromatic heterocycles. The highest BCUT2D eigenvalue weighted by Gasteiger charge is 2.26. The van der Waals surface area contributed by atoms with Gasteiger partial charge in [0.05, 0.1) is 26.3 Å². The molecule has 2 heterocycles. The van der Waals surface area contributed by atoms with E-state index in [0.717, 1.165) is 44.1 Å². The number of thiocarbonyl (C=S) groups is 1. The van der Waals surface area contributed by atoms with Crippen LogP contribution in [0.25, 0.3) is 0 Å². The predicted molar refractivity (Wildman–Crippen MR) is 101 cm³/mol. The van der Waals surface area contributed by atoms with Crippen LogP contribution < -0.4 is 5.32 Å². The van der Waals surface area contributed by atoms with Crippen molar-refractivity contribution in [2.75, 3.05) is 40.4 Å². The Kier molecular flexibility index (Phi) is 7.99. The Balaban J connectivity index is 1.89. The molecule has 0 saturated carbocycles. The molecule has 0 amide bonds. The molecule has 2 rings (SSSR count). The lowest BCUT2D eigenvalue weighted by atomic mass is 10.2. The van der Waals surface area contributed by atoms with Gasteiger partial charge in [0.2, 0.25) is 0 Å². The Hall–Kier alpha value is -2.20. The maximum atomic E-state index is 11.9. The molecule has 1 fully saturated rings. The van der Waals surface area contributed by atoms with E-state index >= 15 is 0 Å². The topological polar surface area (TPSA) is 97.1 Å². The third kappa shape index (κ3) is 6.47. The average molecular weight is 398 g/mol. The molecule has 1 saturated heterocycles. The number of carbonyl (C=O) groups excluding carboxylic acids is 2. The zero-order valence-corrected chi connectivity index (χ0v) is 16.7. The second-order valence-electron chi connectivity index (χ2n) is 6.35. The summed E-state index contributed by atoms with van der Waals surface area (Å²) in [5.74, 6) is -0.266. The molecule has 10 heteroatoms. The fraction of sp³-hybridized carbons (Fsp3) is 0.647. The Morgan fingerprint density at radius 1 is 1.30 bits per heavy atom. The molecule has 0 aromatic carbocycles. The number of nitrogens with zero attached hydrogens (tertiary/aromatic N) is 3. The first-order valence-electron chi connectivity index (χ1n) is 8.77. The summed E-state index contributed by atoms with van der Waals surface area (Å²) in [7, 11) is 2.54. The summed E-state index contributed by atoms with van der Waals surface area (Å²) in [4.78, 5) is 27.7. The highest BCUT2D eigenvalue weighted by Crippen LogP contribution is 2.10. The van der Waals surface area contributed by atoms with Gasteiger partial charge in [-0.25, -0.2) is 4.79 Å². The number of methoxy groups -OCH3 is 2. The molecule has 1 atom stereocenters. The van der Waals surface area contributed by atoms with Crippen molar-refractivity contribution in [2.45, 2.75) is 32.4 Å². The van der Waals surface area contributed by atoms with Crippen LogP contribution in [0, 0.1) is 6.92 Å². The number of hydrogen-bond donors (Lipinski definition) is 1. The molecule has 0 radical (unpaired) electrons. The van der Waals surface area contributed by atoms with E-state index in [1.165, 1.54) is 14.2 Å². The zero-order valence-electron chi connectivity index (χ0n) is 15.9. The molecule has 27 heavy (non-hydrogen) atoms. The van der Waals surface area contributed by atoms with Gasteiger partial charge >= 0.3 is 11.9 Å². The molecule has 1 aromatic rings. The van der Waals surface area contributed by atoms with Crippen LogP contribution in [0.4, 0.5) is 0 Å². The number of nitrogens with one attached hydrogen (secondary N) is 1. The summed E-state index contributed by atoms with van der Waals surface area (Å²) in [5, 5.41) is 7.39. The maximum absolute atomic E-state index is 11.9. The molecule has 9 nitrogen and oxygen atoms in total. The Bertz CT molecular complexity index is 666. The number of carbonyl (C=O) groups is 2. The molecular weight excluding hydrogens is 372 g/mol. The highest BCUT2D eigenvalue weighted by molar-refractivity contribution is 7.80. The number of aromatic nitrogens is 1. The van der Waals surface area contributed by atoms with Gasteiger partial charge in [-0.2, -0.15) is 0 Å². The van der Waals surface area contributed by atoms with Crippen molar-refractivity contribution < 1.29 is 23.6 Å². The second-order valence-corrected chi connectivity index (χ2v) is 6.74. The van der Waals surface area contributed by atoms with Crippen LogP contribution in [0.5, 0.6) is 0 Å². The van der Waals surface area contributed by atoms with E-state index in [-0.39, 0.29) is 6.42 Å². The van der Waals surface area contributed by atoms with Crippen molar-refractivity contribution in [2.24, 2.45) is 0 Å². The van der Waals surface area contributed by atoms with Crippen molar-refractivity contribution in [1.29, 1.82) is 0 Å². The minimum absolute atomic E-state index is 0.144. The van der Waals surface area contributed by atoms with Crippen molar-refractivity contribution in [1.82, 2.24) is 20.3 Å². The summed E-state index contributed by atoms with van der Waals surface area (Å²) in [6.07, 6.45) is 0.771. The van der Waals surface area contributed by atoms with Gasteiger partial charge in [0.1, 0.15) is 11.8 Å². The van der Waals surface area contributed by atoms with Gasteiger partial charge < -0.3 is 24.2 Å². The lowest BCUT2D eigenvalue weighted by Crippen LogP contribution is -2.49. The van der Waals surface area contributed by atoms with E-state index in [1.54, 1.807) is 0 Å². The van der Waals surface area contributed by atoms with Crippen LogP contribution in [0.3, 0.4) is 0 Å². The smallest absolute Gasteiger partial charge is 0.328 e. The Morgan fingerprint density at radius 3 is 2.70 bits per heavy atom. The summed E-state index contributed by atoms with van der Waals surface area (Å²) in [5.41, 5.74) is 0.908. The van der Waals surface area contributed by atoms with Crippen molar-refractivity contribution >= 4 is 29.3 Å². The fourth-order valence-corrected chi connectivity index (χ4v) is 3.20. The molecule has 0 aliphatic carbocycles. The van der Waals surface area contributed by atoms with Gasteiger partial charge in [0.25, 0.3) is 0 Å². The van der Waals surface area contributed by atoms with Gasteiger partial charge in [-0.1, -0.05) is 5.16 Å². The first kappa shape index (κ1) is 21.1. The summed E-state index contributed by atoms with van der Waals surface area (Å²) in [6.45, 7) is 5.76. The molecule has 1 aliphatic rings. The Morgan fingerprint density at radius 2 is 2.07 bits per heavy atom. The van der Waals surface area contributed by atoms with Gasteiger partial charge in [-0.05, 0) is 25.6 Å². The van der Waals surface area contributed by atoms with E-state index in [0.29, 0.717) is 11.7 Å². The number of rotatable bonds is 6. The maximum Gasteiger partial charge on any atom is 0.328 e. The largest absolute Gasteiger partial charge is 0.469 e. The predicted octanol–water partition coefficient (Wildman–Crippen LogP) is 0.470. The van der Waals surface area contributed by atoms with Crippen LogP contribution in [0.1, 0.15) is 24.3 Å². The van der Waals surface area contributed by atoms with E-state index in [2.05, 4.69) is 20.1 Å². The summed E-state index contributed by atoms with van der Waals surface area (Å²) in [6, 6.07) is 1.07. The van der Waals surface area contributed by atoms with Crippen LogP contribution >= 0.6 is 12.2 Å². The molecule has 150 valence electrons. The average Bonchev–Trinajstić information content (AvgIpc) is 2.92. The highest BCUT2D eigenvalue weighted by atomic mass is 32.1. The second kappa shape index (κ2) is 10.2. The monoisotopic (exact) mass is 398 g/mol. The third-order valence-corrected chi connectivity index (χ3v) is 4.70. The molecule has 0 bridgehead atoms.